The van der Waals surface area contributed by atoms with Crippen LogP contribution in [0.15, 0.2) is 54.6 Å². The lowest BCUT2D eigenvalue weighted by molar-refractivity contribution is -0.141. The third-order valence-electron chi connectivity index (χ3n) is 3.49. The van der Waals surface area contributed by atoms with Gasteiger partial charge < -0.3 is 5.32 Å². The molecule has 0 saturated heterocycles. The van der Waals surface area contributed by atoms with Crippen LogP contribution in [0.1, 0.15) is 20.9 Å². The first-order chi connectivity index (χ1) is 12.3. The molecule has 1 N–H and O–H groups in total. The number of nitrogens with one attached hydrogen (secondary N) is 1. The maximum absolute atomic E-state index is 13.3. The Morgan fingerprint density at radius 3 is 2.35 bits per heavy atom. The van der Waals surface area contributed by atoms with E-state index in [2.05, 4.69) is 10.3 Å². The number of thiazole rings is 1. The molecule has 0 saturated carbocycles. The van der Waals surface area contributed by atoms with Crippen LogP contribution in [0.25, 0.3) is 10.6 Å². The number of carbonyl (C=O) groups is 1. The summed E-state index contributed by atoms with van der Waals surface area (Å²) in [6.45, 7) is 0.0892. The summed E-state index contributed by atoms with van der Waals surface area (Å²) >= 11 is 6.50. The highest BCUT2D eigenvalue weighted by atomic mass is 35.5. The Hall–Kier alpha value is -2.38. The normalized spacial score (nSPS) is 11.4. The van der Waals surface area contributed by atoms with Crippen LogP contribution in [0.2, 0.25) is 5.02 Å². The number of amides is 1. The third-order valence-corrected chi connectivity index (χ3v) is 4.84. The van der Waals surface area contributed by atoms with Gasteiger partial charge >= 0.3 is 6.18 Å². The molecule has 8 heteroatoms. The van der Waals surface area contributed by atoms with Gasteiger partial charge in [0.25, 0.3) is 5.91 Å². The molecule has 1 aromatic heterocycles. The maximum Gasteiger partial charge on any atom is 0.435 e. The van der Waals surface area contributed by atoms with Crippen molar-refractivity contribution < 1.29 is 18.0 Å². The summed E-state index contributed by atoms with van der Waals surface area (Å²) < 4.78 is 39.9. The highest BCUT2D eigenvalue weighted by Crippen LogP contribution is 2.37. The predicted molar refractivity (Wildman–Crippen MR) is 95.2 cm³/mol. The maximum atomic E-state index is 13.3. The van der Waals surface area contributed by atoms with Crippen LogP contribution in [-0.4, -0.2) is 10.9 Å². The number of rotatable bonds is 4. The summed E-state index contributed by atoms with van der Waals surface area (Å²) in [5.41, 5.74) is 0.0822. The quantitative estimate of drug-likeness (QED) is 0.640. The molecule has 26 heavy (non-hydrogen) atoms. The molecule has 0 aliphatic carbocycles. The highest BCUT2D eigenvalue weighted by molar-refractivity contribution is 7.17. The highest BCUT2D eigenvalue weighted by Gasteiger charge is 2.39. The van der Waals surface area contributed by atoms with E-state index < -0.39 is 22.7 Å². The van der Waals surface area contributed by atoms with Gasteiger partial charge in [-0.1, -0.05) is 54.1 Å². The van der Waals surface area contributed by atoms with Gasteiger partial charge in [0.15, 0.2) is 5.69 Å². The number of hydrogen-bond donors (Lipinski definition) is 1. The number of carbonyl (C=O) groups excluding carboxylic acids is 1. The van der Waals surface area contributed by atoms with E-state index in [0.717, 1.165) is 16.9 Å². The third kappa shape index (κ3) is 4.23. The molecule has 0 fully saturated rings. The number of halogens is 4. The number of aromatic nitrogens is 1. The van der Waals surface area contributed by atoms with E-state index in [0.29, 0.717) is 10.6 Å². The van der Waals surface area contributed by atoms with Crippen LogP contribution in [0.3, 0.4) is 0 Å². The molecular formula is C18H12ClF3N2OS. The van der Waals surface area contributed by atoms with Crippen LogP contribution in [0, 0.1) is 0 Å². The molecule has 2 aromatic carbocycles. The second-order valence-corrected chi connectivity index (χ2v) is 6.81. The average molecular weight is 397 g/mol. The zero-order valence-electron chi connectivity index (χ0n) is 13.2. The van der Waals surface area contributed by atoms with Crippen LogP contribution >= 0.6 is 22.9 Å². The van der Waals surface area contributed by atoms with Crippen molar-refractivity contribution in [3.05, 3.63) is 75.8 Å². The van der Waals surface area contributed by atoms with Crippen molar-refractivity contribution in [2.75, 3.05) is 0 Å². The first-order valence-corrected chi connectivity index (χ1v) is 8.70. The summed E-state index contributed by atoms with van der Waals surface area (Å²) in [7, 11) is 0. The van der Waals surface area contributed by atoms with Crippen LogP contribution < -0.4 is 5.32 Å². The van der Waals surface area contributed by atoms with E-state index in [1.165, 1.54) is 0 Å². The average Bonchev–Trinajstić information content (AvgIpc) is 3.08. The summed E-state index contributed by atoms with van der Waals surface area (Å²) in [4.78, 5) is 15.5. The molecule has 0 spiro atoms. The molecule has 3 aromatic rings. The SMILES string of the molecule is O=C(NCc1ccc(Cl)cc1)c1sc(-c2ccccc2)nc1C(F)(F)F. The Morgan fingerprint density at radius 2 is 1.73 bits per heavy atom. The number of alkyl halides is 3. The van der Waals surface area contributed by atoms with Gasteiger partial charge in [-0.2, -0.15) is 13.2 Å². The predicted octanol–water partition coefficient (Wildman–Crippen LogP) is 5.41. The Kier molecular flexibility index (Phi) is 5.29. The van der Waals surface area contributed by atoms with Gasteiger partial charge in [-0.3, -0.25) is 4.79 Å². The zero-order chi connectivity index (χ0) is 18.7. The second-order valence-electron chi connectivity index (χ2n) is 5.37. The number of hydrogen-bond acceptors (Lipinski definition) is 3. The monoisotopic (exact) mass is 396 g/mol. The molecule has 0 unspecified atom stereocenters. The first-order valence-electron chi connectivity index (χ1n) is 7.50. The van der Waals surface area contributed by atoms with E-state index in [-0.39, 0.29) is 11.6 Å². The minimum absolute atomic E-state index is 0.0892. The van der Waals surface area contributed by atoms with Gasteiger partial charge in [0, 0.05) is 17.1 Å². The molecule has 0 bridgehead atoms. The fourth-order valence-corrected chi connectivity index (χ4v) is 3.37. The molecule has 134 valence electrons. The standard InChI is InChI=1S/C18H12ClF3N2OS/c19-13-8-6-11(7-9-13)10-23-16(25)14-15(18(20,21)22)24-17(26-14)12-4-2-1-3-5-12/h1-9H,10H2,(H,23,25). The molecule has 3 rings (SSSR count). The fourth-order valence-electron chi connectivity index (χ4n) is 2.24. The van der Waals surface area contributed by atoms with E-state index in [1.807, 2.05) is 0 Å². The van der Waals surface area contributed by atoms with Crippen molar-refractivity contribution in [1.29, 1.82) is 0 Å². The Balaban J connectivity index is 1.86. The van der Waals surface area contributed by atoms with Gasteiger partial charge in [-0.25, -0.2) is 4.98 Å². The zero-order valence-corrected chi connectivity index (χ0v) is 14.8. The van der Waals surface area contributed by atoms with Crippen LogP contribution in [0.5, 0.6) is 0 Å². The van der Waals surface area contributed by atoms with Crippen molar-refractivity contribution in [3.63, 3.8) is 0 Å². The molecule has 1 amide bonds. The largest absolute Gasteiger partial charge is 0.435 e. The van der Waals surface area contributed by atoms with E-state index in [4.69, 9.17) is 11.6 Å². The number of benzene rings is 2. The minimum Gasteiger partial charge on any atom is -0.347 e. The van der Waals surface area contributed by atoms with Crippen molar-refractivity contribution in [2.45, 2.75) is 12.7 Å². The fraction of sp³-hybridized carbons (Fsp3) is 0.111. The van der Waals surface area contributed by atoms with Gasteiger partial charge in [-0.05, 0) is 17.7 Å². The molecule has 0 aliphatic heterocycles. The Bertz CT molecular complexity index is 908. The Morgan fingerprint density at radius 1 is 1.08 bits per heavy atom. The molecular weight excluding hydrogens is 385 g/mol. The lowest BCUT2D eigenvalue weighted by Crippen LogP contribution is -2.24. The summed E-state index contributed by atoms with van der Waals surface area (Å²) in [6, 6.07) is 15.1. The van der Waals surface area contributed by atoms with Gasteiger partial charge in [-0.15, -0.1) is 11.3 Å². The second kappa shape index (κ2) is 7.47. The lowest BCUT2D eigenvalue weighted by atomic mass is 10.2. The molecule has 1 heterocycles. The minimum atomic E-state index is -4.71. The number of nitrogens with zero attached hydrogens (tertiary/aromatic N) is 1. The lowest BCUT2D eigenvalue weighted by Gasteiger charge is -2.07. The molecule has 0 atom stereocenters. The topological polar surface area (TPSA) is 42.0 Å². The Labute approximate surface area is 156 Å². The summed E-state index contributed by atoms with van der Waals surface area (Å²) in [5, 5.41) is 3.18. The summed E-state index contributed by atoms with van der Waals surface area (Å²) in [6.07, 6.45) is -4.71. The van der Waals surface area contributed by atoms with Crippen molar-refractivity contribution in [3.8, 4) is 10.6 Å². The van der Waals surface area contributed by atoms with Crippen molar-refractivity contribution in [2.24, 2.45) is 0 Å². The van der Waals surface area contributed by atoms with Crippen LogP contribution in [-0.2, 0) is 12.7 Å². The summed E-state index contributed by atoms with van der Waals surface area (Å²) in [5.74, 6) is -0.813. The van der Waals surface area contributed by atoms with Crippen molar-refractivity contribution >= 4 is 28.8 Å². The van der Waals surface area contributed by atoms with Gasteiger partial charge in [0.05, 0.1) is 0 Å². The molecule has 0 aliphatic rings. The van der Waals surface area contributed by atoms with E-state index in [1.54, 1.807) is 54.6 Å². The van der Waals surface area contributed by atoms with Gasteiger partial charge in [0.1, 0.15) is 9.88 Å². The van der Waals surface area contributed by atoms with E-state index >= 15 is 0 Å². The first kappa shape index (κ1) is 18.4. The van der Waals surface area contributed by atoms with Crippen molar-refractivity contribution in [1.82, 2.24) is 10.3 Å². The smallest absolute Gasteiger partial charge is 0.347 e. The molecule has 3 nitrogen and oxygen atoms in total. The van der Waals surface area contributed by atoms with Gasteiger partial charge in [0.2, 0.25) is 0 Å². The van der Waals surface area contributed by atoms with Crippen LogP contribution in [0.4, 0.5) is 13.2 Å². The molecule has 0 radical (unpaired) electrons. The van der Waals surface area contributed by atoms with E-state index in [9.17, 15) is 18.0 Å².